The van der Waals surface area contributed by atoms with Crippen LogP contribution >= 0.6 is 0 Å². The van der Waals surface area contributed by atoms with Gasteiger partial charge in [0.15, 0.2) is 0 Å². The van der Waals surface area contributed by atoms with E-state index in [2.05, 4.69) is 15.4 Å². The minimum absolute atomic E-state index is 0. The van der Waals surface area contributed by atoms with E-state index in [9.17, 15) is 4.21 Å². The van der Waals surface area contributed by atoms with Gasteiger partial charge in [-0.25, -0.2) is 11.2 Å². The number of rotatable bonds is 2. The van der Waals surface area contributed by atoms with E-state index in [-0.39, 0.29) is 51.4 Å². The van der Waals surface area contributed by atoms with Gasteiger partial charge in [0.25, 0.3) is 0 Å². The van der Waals surface area contributed by atoms with Crippen LogP contribution in [0.2, 0.25) is 0 Å². The molecule has 0 fully saturated rings. The summed E-state index contributed by atoms with van der Waals surface area (Å²) in [5, 5.41) is 0. The van der Waals surface area contributed by atoms with Crippen LogP contribution in [0.5, 0.6) is 0 Å². The quantitative estimate of drug-likeness (QED) is 0.424. The molecule has 0 aromatic carbocycles. The third-order valence-electron chi connectivity index (χ3n) is 0.214. The zero-order valence-corrected chi connectivity index (χ0v) is 9.10. The fourth-order valence-electron chi connectivity index (χ4n) is 0.0962. The average Bonchev–Trinajstić information content (AvgIpc) is 1.35. The van der Waals surface area contributed by atoms with Crippen LogP contribution in [-0.2, 0) is 29.2 Å². The largest absolute Gasteiger partial charge is 0.444 e. The maximum Gasteiger partial charge on any atom is 0.0228 e. The molecule has 0 aromatic heterocycles. The molecule has 0 saturated heterocycles. The molecule has 5 heteroatoms. The molecule has 2 nitrogen and oxygen atoms in total. The van der Waals surface area contributed by atoms with Crippen molar-refractivity contribution in [1.29, 1.82) is 0 Å². The van der Waals surface area contributed by atoms with Gasteiger partial charge < -0.3 is 8.39 Å². The Hall–Kier alpha value is 1.97. The molecule has 7 heavy (non-hydrogen) atoms. The smallest absolute Gasteiger partial charge is 0.0228 e. The Morgan fingerprint density at radius 2 is 2.29 bits per heavy atom. The van der Waals surface area contributed by atoms with Crippen molar-refractivity contribution in [3.05, 3.63) is 0 Å². The topological polar surface area (TPSA) is 26.3 Å². The zero-order valence-electron chi connectivity index (χ0n) is 4.34. The second-order valence-corrected chi connectivity index (χ2v) is 2.07. The van der Waals surface area contributed by atoms with E-state index in [1.807, 2.05) is 0 Å². The summed E-state index contributed by atoms with van der Waals surface area (Å²) < 4.78 is 14.1. The first kappa shape index (κ1) is 11.7. The second kappa shape index (κ2) is 7.97. The molecule has 0 spiro atoms. The first-order valence-electron chi connectivity index (χ1n) is 1.50. The van der Waals surface area contributed by atoms with E-state index in [0.29, 0.717) is 6.61 Å². The number of hydrogen-bond donors (Lipinski definition) is 0. The third kappa shape index (κ3) is 11.5. The molecule has 1 radical (unpaired) electrons. The van der Waals surface area contributed by atoms with E-state index in [4.69, 9.17) is 0 Å². The Balaban J connectivity index is 0. The second-order valence-electron chi connectivity index (χ2n) is 0.611. The van der Waals surface area contributed by atoms with Crippen molar-refractivity contribution < 1.29 is 8.39 Å². The normalized spacial score (nSPS) is 8.29. The molecule has 0 aliphatic heterocycles. The summed E-state index contributed by atoms with van der Waals surface area (Å²) in [7, 11) is -1.48. The van der Waals surface area contributed by atoms with E-state index in [1.165, 1.54) is 0 Å². The molecule has 0 heterocycles. The van der Waals surface area contributed by atoms with Gasteiger partial charge in [0, 0.05) is 58.0 Å². The molecule has 0 aliphatic rings. The molecule has 0 unspecified atom stereocenters. The van der Waals surface area contributed by atoms with E-state index >= 15 is 0 Å². The Kier molecular flexibility index (Phi) is 13.3. The Labute approximate surface area is 92.3 Å². The summed E-state index contributed by atoms with van der Waals surface area (Å²) in [6.07, 6.45) is 0. The van der Waals surface area contributed by atoms with E-state index < -0.39 is 9.64 Å². The summed E-state index contributed by atoms with van der Waals surface area (Å²) in [5.41, 5.74) is 0. The molecule has 0 N–H and O–H groups in total. The average molecular weight is 164 g/mol. The van der Waals surface area contributed by atoms with Gasteiger partial charge >= 0.3 is 0 Å². The summed E-state index contributed by atoms with van der Waals surface area (Å²) in [4.78, 5) is 0. The molecule has 0 aliphatic carbocycles. The summed E-state index contributed by atoms with van der Waals surface area (Å²) in [5.74, 6) is 0. The zero-order chi connectivity index (χ0) is 4.99. The van der Waals surface area contributed by atoms with Gasteiger partial charge in [0.1, 0.15) is 0 Å². The van der Waals surface area contributed by atoms with Crippen molar-refractivity contribution in [2.24, 2.45) is 0 Å². The first-order valence-corrected chi connectivity index (χ1v) is 3.50. The fourth-order valence-corrected chi connectivity index (χ4v) is 0.577. The van der Waals surface area contributed by atoms with Gasteiger partial charge in [0.05, 0.1) is 0 Å². The van der Waals surface area contributed by atoms with Crippen LogP contribution in [0.3, 0.4) is 0 Å². The predicted molar refractivity (Wildman–Crippen MR) is 32.8 cm³/mol. The molecule has 39 valence electrons. The Morgan fingerprint density at radius 1 is 1.86 bits per heavy atom. The van der Waals surface area contributed by atoms with Gasteiger partial charge in [-0.05, 0) is 6.92 Å². The van der Waals surface area contributed by atoms with Crippen LogP contribution in [0.4, 0.5) is 0 Å². The van der Waals surface area contributed by atoms with Gasteiger partial charge in [-0.1, -0.05) is 9.64 Å². The fraction of sp³-hybridized carbons (Fsp3) is 1.00. The van der Waals surface area contributed by atoms with Crippen molar-refractivity contribution in [3.8, 4) is 0 Å². The Bertz CT molecular complexity index is 81.7. The van der Waals surface area contributed by atoms with E-state index in [0.717, 1.165) is 0 Å². The minimum Gasteiger partial charge on any atom is -0.444 e. The molecule has 0 saturated carbocycles. The maximum absolute atomic E-state index is 9.75. The molecule has 0 amide bonds. The molecule has 0 atom stereocenters. The summed E-state index contributed by atoms with van der Waals surface area (Å²) in [6, 6.07) is 0. The molecular formula is C2H5KO2S2-. The standard InChI is InChI=1S/C2H5O2S2.K/c1-2-4-6(3)5;/h2H2,1H3;/q-1;. The van der Waals surface area contributed by atoms with Crippen molar-refractivity contribution >= 4 is 72.2 Å². The monoisotopic (exact) mass is 164 g/mol. The molecule has 0 aromatic rings. The van der Waals surface area contributed by atoms with Crippen LogP contribution in [-0.4, -0.2) is 58.0 Å². The Morgan fingerprint density at radius 3 is 2.29 bits per heavy atom. The minimum atomic E-state index is -1.48. The van der Waals surface area contributed by atoms with Crippen molar-refractivity contribution in [1.82, 2.24) is 0 Å². The van der Waals surface area contributed by atoms with Gasteiger partial charge in [-0.15, -0.1) is 0 Å². The number of hydrogen-bond acceptors (Lipinski definition) is 4. The van der Waals surface area contributed by atoms with Crippen molar-refractivity contribution in [3.63, 3.8) is 0 Å². The van der Waals surface area contributed by atoms with Crippen molar-refractivity contribution in [2.75, 3.05) is 6.61 Å². The van der Waals surface area contributed by atoms with Gasteiger partial charge in [-0.3, -0.25) is 0 Å². The van der Waals surface area contributed by atoms with Crippen LogP contribution < -0.4 is 0 Å². The predicted octanol–water partition coefficient (Wildman–Crippen LogP) is -0.0172. The molecule has 0 rings (SSSR count). The van der Waals surface area contributed by atoms with E-state index in [1.54, 1.807) is 6.92 Å². The van der Waals surface area contributed by atoms with Crippen molar-refractivity contribution in [2.45, 2.75) is 6.92 Å². The third-order valence-corrected chi connectivity index (χ3v) is 0.931. The SMILES string of the molecule is CCO[S-](=O)=S.[K]. The van der Waals surface area contributed by atoms with Crippen LogP contribution in [0.15, 0.2) is 0 Å². The maximum atomic E-state index is 9.75. The van der Waals surface area contributed by atoms with Crippen LogP contribution in [0, 0.1) is 0 Å². The first-order chi connectivity index (χ1) is 2.77. The van der Waals surface area contributed by atoms with Crippen LogP contribution in [0.25, 0.3) is 0 Å². The molecular weight excluding hydrogens is 159 g/mol. The van der Waals surface area contributed by atoms with Gasteiger partial charge in [-0.2, -0.15) is 0 Å². The molecule has 0 bridgehead atoms. The van der Waals surface area contributed by atoms with Crippen LogP contribution in [0.1, 0.15) is 6.92 Å². The summed E-state index contributed by atoms with van der Waals surface area (Å²) in [6.45, 7) is 2.17. The summed E-state index contributed by atoms with van der Waals surface area (Å²) >= 11 is 4.13. The van der Waals surface area contributed by atoms with Gasteiger partial charge in [0.2, 0.25) is 0 Å².